The third kappa shape index (κ3) is 3.15. The molecule has 2 heterocycles. The number of ether oxygens (including phenoxy) is 1. The van der Waals surface area contributed by atoms with E-state index >= 15 is 0 Å². The number of hydrogen-bond donors (Lipinski definition) is 0. The van der Waals surface area contributed by atoms with E-state index in [1.165, 1.54) is 0 Å². The lowest BCUT2D eigenvalue weighted by atomic mass is 10.1. The van der Waals surface area contributed by atoms with Crippen LogP contribution >= 0.6 is 11.6 Å². The Morgan fingerprint density at radius 3 is 2.88 bits per heavy atom. The lowest BCUT2D eigenvalue weighted by Crippen LogP contribution is -2.36. The van der Waals surface area contributed by atoms with Crippen LogP contribution in [0, 0.1) is 6.92 Å². The van der Waals surface area contributed by atoms with E-state index in [1.807, 2.05) is 6.92 Å². The van der Waals surface area contributed by atoms with Gasteiger partial charge in [-0.05, 0) is 33.4 Å². The van der Waals surface area contributed by atoms with Crippen molar-refractivity contribution in [1.29, 1.82) is 0 Å². The number of aromatic nitrogens is 2. The Balaban J connectivity index is 2.04. The SMILES string of the molecule is Cc1cc(Cl)nc(CN(C)C2CCOC2C)n1. The Kier molecular flexibility index (Phi) is 3.97. The van der Waals surface area contributed by atoms with E-state index in [4.69, 9.17) is 16.3 Å². The van der Waals surface area contributed by atoms with Crippen molar-refractivity contribution in [2.75, 3.05) is 13.7 Å². The summed E-state index contributed by atoms with van der Waals surface area (Å²) in [6.07, 6.45) is 1.34. The minimum absolute atomic E-state index is 0.278. The molecule has 0 amide bonds. The highest BCUT2D eigenvalue weighted by Gasteiger charge is 2.28. The summed E-state index contributed by atoms with van der Waals surface area (Å²) in [5.41, 5.74) is 0.907. The predicted molar refractivity (Wildman–Crippen MR) is 67.1 cm³/mol. The first kappa shape index (κ1) is 12.7. The Bertz CT molecular complexity index is 379. The van der Waals surface area contributed by atoms with E-state index in [0.29, 0.717) is 17.7 Å². The molecular weight excluding hydrogens is 238 g/mol. The molecule has 94 valence electrons. The van der Waals surface area contributed by atoms with Gasteiger partial charge in [0, 0.05) is 18.3 Å². The van der Waals surface area contributed by atoms with Crippen molar-refractivity contribution < 1.29 is 4.74 Å². The van der Waals surface area contributed by atoms with Crippen LogP contribution in [0.1, 0.15) is 24.9 Å². The molecule has 0 N–H and O–H groups in total. The van der Waals surface area contributed by atoms with E-state index in [0.717, 1.165) is 24.5 Å². The van der Waals surface area contributed by atoms with E-state index in [-0.39, 0.29) is 6.10 Å². The Labute approximate surface area is 107 Å². The molecule has 2 rings (SSSR count). The number of aryl methyl sites for hydroxylation is 1. The fraction of sp³-hybridized carbons (Fsp3) is 0.667. The smallest absolute Gasteiger partial charge is 0.144 e. The van der Waals surface area contributed by atoms with Crippen molar-refractivity contribution in [3.8, 4) is 0 Å². The first-order chi connectivity index (χ1) is 8.06. The molecule has 0 radical (unpaired) electrons. The van der Waals surface area contributed by atoms with Gasteiger partial charge in [-0.25, -0.2) is 9.97 Å². The standard InChI is InChI=1S/C12H18ClN3O/c1-8-6-11(13)15-12(14-8)7-16(3)10-4-5-17-9(10)2/h6,9-10H,4-5,7H2,1-3H3. The highest BCUT2D eigenvalue weighted by atomic mass is 35.5. The van der Waals surface area contributed by atoms with Crippen LogP contribution in [-0.2, 0) is 11.3 Å². The van der Waals surface area contributed by atoms with Gasteiger partial charge in [0.15, 0.2) is 0 Å². The van der Waals surface area contributed by atoms with Crippen LogP contribution in [0.25, 0.3) is 0 Å². The highest BCUT2D eigenvalue weighted by Crippen LogP contribution is 2.19. The zero-order chi connectivity index (χ0) is 12.4. The minimum atomic E-state index is 0.278. The van der Waals surface area contributed by atoms with Gasteiger partial charge in [-0.15, -0.1) is 0 Å². The van der Waals surface area contributed by atoms with Crippen molar-refractivity contribution in [2.24, 2.45) is 0 Å². The van der Waals surface area contributed by atoms with Gasteiger partial charge in [0.1, 0.15) is 11.0 Å². The summed E-state index contributed by atoms with van der Waals surface area (Å²) < 4.78 is 5.56. The molecule has 1 aromatic rings. The maximum atomic E-state index is 5.93. The lowest BCUT2D eigenvalue weighted by Gasteiger charge is -2.25. The molecule has 0 aromatic carbocycles. The first-order valence-electron chi connectivity index (χ1n) is 5.88. The summed E-state index contributed by atoms with van der Waals surface area (Å²) in [4.78, 5) is 10.9. The molecule has 1 aliphatic heterocycles. The number of likely N-dealkylation sites (N-methyl/N-ethyl adjacent to an activating group) is 1. The summed E-state index contributed by atoms with van der Waals surface area (Å²) in [6, 6.07) is 2.21. The zero-order valence-corrected chi connectivity index (χ0v) is 11.2. The molecule has 1 aliphatic rings. The van der Waals surface area contributed by atoms with Crippen LogP contribution in [0.5, 0.6) is 0 Å². The Hall–Kier alpha value is -0.710. The molecule has 5 heteroatoms. The van der Waals surface area contributed by atoms with Crippen molar-refractivity contribution in [1.82, 2.24) is 14.9 Å². The Morgan fingerprint density at radius 1 is 1.53 bits per heavy atom. The third-order valence-electron chi connectivity index (χ3n) is 3.16. The fourth-order valence-corrected chi connectivity index (χ4v) is 2.55. The second kappa shape index (κ2) is 5.29. The van der Waals surface area contributed by atoms with Crippen LogP contribution < -0.4 is 0 Å². The van der Waals surface area contributed by atoms with Crippen molar-refractivity contribution in [3.63, 3.8) is 0 Å². The van der Waals surface area contributed by atoms with Crippen molar-refractivity contribution in [2.45, 2.75) is 39.0 Å². The topological polar surface area (TPSA) is 38.2 Å². The van der Waals surface area contributed by atoms with Gasteiger partial charge in [0.05, 0.1) is 12.6 Å². The van der Waals surface area contributed by atoms with Crippen LogP contribution in [0.2, 0.25) is 5.15 Å². The summed E-state index contributed by atoms with van der Waals surface area (Å²) in [6.45, 7) is 5.59. The zero-order valence-electron chi connectivity index (χ0n) is 10.5. The molecule has 0 saturated carbocycles. The van der Waals surface area contributed by atoms with Gasteiger partial charge in [-0.1, -0.05) is 11.6 Å². The first-order valence-corrected chi connectivity index (χ1v) is 6.26. The third-order valence-corrected chi connectivity index (χ3v) is 3.36. The molecular formula is C12H18ClN3O. The van der Waals surface area contributed by atoms with Crippen molar-refractivity contribution >= 4 is 11.6 Å². The lowest BCUT2D eigenvalue weighted by molar-refractivity contribution is 0.0806. The molecule has 2 atom stereocenters. The number of rotatable bonds is 3. The quantitative estimate of drug-likeness (QED) is 0.775. The molecule has 17 heavy (non-hydrogen) atoms. The second-order valence-electron chi connectivity index (χ2n) is 4.60. The number of nitrogens with zero attached hydrogens (tertiary/aromatic N) is 3. The maximum Gasteiger partial charge on any atom is 0.144 e. The number of hydrogen-bond acceptors (Lipinski definition) is 4. The van der Waals surface area contributed by atoms with Crippen LogP contribution in [-0.4, -0.2) is 40.7 Å². The van der Waals surface area contributed by atoms with Crippen LogP contribution in [0.4, 0.5) is 0 Å². The van der Waals surface area contributed by atoms with E-state index < -0.39 is 0 Å². The van der Waals surface area contributed by atoms with E-state index in [9.17, 15) is 0 Å². The summed E-state index contributed by atoms with van der Waals surface area (Å²) >= 11 is 5.93. The molecule has 1 aromatic heterocycles. The largest absolute Gasteiger partial charge is 0.377 e. The van der Waals surface area contributed by atoms with Gasteiger partial charge in [0.25, 0.3) is 0 Å². The van der Waals surface area contributed by atoms with Gasteiger partial charge in [-0.2, -0.15) is 0 Å². The van der Waals surface area contributed by atoms with Gasteiger partial charge in [0.2, 0.25) is 0 Å². The monoisotopic (exact) mass is 255 g/mol. The normalized spacial score (nSPS) is 24.5. The maximum absolute atomic E-state index is 5.93. The molecule has 0 spiro atoms. The molecule has 2 unspecified atom stereocenters. The Morgan fingerprint density at radius 2 is 2.29 bits per heavy atom. The summed E-state index contributed by atoms with van der Waals surface area (Å²) in [5.74, 6) is 0.775. The summed E-state index contributed by atoms with van der Waals surface area (Å²) in [7, 11) is 2.08. The van der Waals surface area contributed by atoms with E-state index in [2.05, 4.69) is 28.8 Å². The van der Waals surface area contributed by atoms with E-state index in [1.54, 1.807) is 6.07 Å². The highest BCUT2D eigenvalue weighted by molar-refractivity contribution is 6.29. The van der Waals surface area contributed by atoms with Crippen LogP contribution in [0.3, 0.4) is 0 Å². The molecule has 0 aliphatic carbocycles. The summed E-state index contributed by atoms with van der Waals surface area (Å²) in [5, 5.41) is 0.511. The van der Waals surface area contributed by atoms with Gasteiger partial charge in [-0.3, -0.25) is 4.90 Å². The van der Waals surface area contributed by atoms with Crippen LogP contribution in [0.15, 0.2) is 6.07 Å². The minimum Gasteiger partial charge on any atom is -0.377 e. The fourth-order valence-electron chi connectivity index (χ4n) is 2.30. The number of halogens is 1. The molecule has 1 fully saturated rings. The van der Waals surface area contributed by atoms with Crippen molar-refractivity contribution in [3.05, 3.63) is 22.7 Å². The molecule has 1 saturated heterocycles. The second-order valence-corrected chi connectivity index (χ2v) is 4.98. The average molecular weight is 256 g/mol. The predicted octanol–water partition coefficient (Wildman–Crippen LogP) is 2.05. The van der Waals surface area contributed by atoms with Gasteiger partial charge < -0.3 is 4.74 Å². The molecule has 0 bridgehead atoms. The average Bonchev–Trinajstić information content (AvgIpc) is 2.62. The molecule has 4 nitrogen and oxygen atoms in total. The van der Waals surface area contributed by atoms with Gasteiger partial charge >= 0.3 is 0 Å².